The van der Waals surface area contributed by atoms with Gasteiger partial charge in [0.05, 0.1) is 32.0 Å². The van der Waals surface area contributed by atoms with Gasteiger partial charge in [0.1, 0.15) is 5.75 Å². The number of methoxy groups -OCH3 is 2. The lowest BCUT2D eigenvalue weighted by atomic mass is 10.1. The predicted molar refractivity (Wildman–Crippen MR) is 85.9 cm³/mol. The second-order valence-electron chi connectivity index (χ2n) is 4.63. The Morgan fingerprint density at radius 3 is 2.64 bits per heavy atom. The topological polar surface area (TPSA) is 60.5 Å². The largest absolute Gasteiger partial charge is 0.496 e. The Kier molecular flexibility index (Phi) is 5.22. The van der Waals surface area contributed by atoms with Crippen molar-refractivity contribution in [1.82, 2.24) is 4.98 Å². The summed E-state index contributed by atoms with van der Waals surface area (Å²) in [6, 6.07) is 8.73. The molecule has 6 heteroatoms. The van der Waals surface area contributed by atoms with Crippen molar-refractivity contribution >= 4 is 23.2 Å². The smallest absolute Gasteiger partial charge is 0.229 e. The number of anilines is 1. The summed E-state index contributed by atoms with van der Waals surface area (Å²) in [7, 11) is 3.09. The molecule has 0 radical (unpaired) electrons. The molecular formula is C16H17ClN2O3. The highest BCUT2D eigenvalue weighted by Crippen LogP contribution is 2.27. The van der Waals surface area contributed by atoms with Gasteiger partial charge in [-0.05, 0) is 25.1 Å². The van der Waals surface area contributed by atoms with Crippen LogP contribution >= 0.6 is 11.6 Å². The summed E-state index contributed by atoms with van der Waals surface area (Å²) >= 11 is 6.14. The molecular weight excluding hydrogens is 304 g/mol. The Morgan fingerprint density at radius 2 is 2.00 bits per heavy atom. The molecule has 5 nitrogen and oxygen atoms in total. The van der Waals surface area contributed by atoms with E-state index in [1.165, 1.54) is 0 Å². The summed E-state index contributed by atoms with van der Waals surface area (Å²) < 4.78 is 10.3. The second kappa shape index (κ2) is 7.13. The number of ether oxygens (including phenoxy) is 2. The zero-order valence-electron chi connectivity index (χ0n) is 12.6. The number of rotatable bonds is 5. The van der Waals surface area contributed by atoms with E-state index in [2.05, 4.69) is 10.3 Å². The van der Waals surface area contributed by atoms with Crippen molar-refractivity contribution in [3.8, 4) is 11.6 Å². The van der Waals surface area contributed by atoms with Crippen molar-refractivity contribution < 1.29 is 14.3 Å². The number of aromatic nitrogens is 1. The Labute approximate surface area is 134 Å². The van der Waals surface area contributed by atoms with Gasteiger partial charge in [0, 0.05) is 16.7 Å². The number of nitrogens with one attached hydrogen (secondary N) is 1. The van der Waals surface area contributed by atoms with Crippen LogP contribution in [0.4, 0.5) is 5.69 Å². The number of amides is 1. The number of aryl methyl sites for hydroxylation is 1. The van der Waals surface area contributed by atoms with E-state index in [9.17, 15) is 4.79 Å². The van der Waals surface area contributed by atoms with E-state index in [1.54, 1.807) is 51.5 Å². The SMILES string of the molecule is COc1ccc(NC(=O)Cc2c(Cl)cccc2OC)c(C)n1. The minimum absolute atomic E-state index is 0.119. The van der Waals surface area contributed by atoms with Crippen molar-refractivity contribution in [2.45, 2.75) is 13.3 Å². The highest BCUT2D eigenvalue weighted by atomic mass is 35.5. The number of carbonyl (C=O) groups excluding carboxylic acids is 1. The predicted octanol–water partition coefficient (Wildman–Crippen LogP) is 3.24. The van der Waals surface area contributed by atoms with Crippen LogP contribution in [0, 0.1) is 6.92 Å². The number of carbonyl (C=O) groups is 1. The van der Waals surface area contributed by atoms with Crippen LogP contribution < -0.4 is 14.8 Å². The third-order valence-corrected chi connectivity index (χ3v) is 3.53. The average Bonchev–Trinajstić information content (AvgIpc) is 2.51. The zero-order chi connectivity index (χ0) is 16.1. The second-order valence-corrected chi connectivity index (χ2v) is 5.04. The lowest BCUT2D eigenvalue weighted by Crippen LogP contribution is -2.16. The van der Waals surface area contributed by atoms with Crippen molar-refractivity contribution in [2.75, 3.05) is 19.5 Å². The molecule has 1 aromatic heterocycles. The number of hydrogen-bond donors (Lipinski definition) is 1. The van der Waals surface area contributed by atoms with Gasteiger partial charge in [-0.2, -0.15) is 0 Å². The van der Waals surface area contributed by atoms with Crippen molar-refractivity contribution in [1.29, 1.82) is 0 Å². The molecule has 0 fully saturated rings. The van der Waals surface area contributed by atoms with Crippen LogP contribution in [-0.4, -0.2) is 25.1 Å². The number of halogens is 1. The minimum atomic E-state index is -0.193. The molecule has 22 heavy (non-hydrogen) atoms. The van der Waals surface area contributed by atoms with E-state index in [0.29, 0.717) is 33.6 Å². The van der Waals surface area contributed by atoms with E-state index >= 15 is 0 Å². The van der Waals surface area contributed by atoms with Crippen LogP contribution in [0.1, 0.15) is 11.3 Å². The van der Waals surface area contributed by atoms with Gasteiger partial charge in [0.15, 0.2) is 0 Å². The first-order valence-corrected chi connectivity index (χ1v) is 7.05. The molecule has 0 spiro atoms. The van der Waals surface area contributed by atoms with Crippen molar-refractivity contribution in [2.24, 2.45) is 0 Å². The molecule has 0 saturated carbocycles. The minimum Gasteiger partial charge on any atom is -0.496 e. The Hall–Kier alpha value is -2.27. The number of benzene rings is 1. The average molecular weight is 321 g/mol. The van der Waals surface area contributed by atoms with Gasteiger partial charge in [-0.25, -0.2) is 4.98 Å². The number of pyridine rings is 1. The number of nitrogens with zero attached hydrogens (tertiary/aromatic N) is 1. The summed E-state index contributed by atoms with van der Waals surface area (Å²) in [5.74, 6) is 0.900. The molecule has 2 aromatic rings. The first-order chi connectivity index (χ1) is 10.5. The van der Waals surface area contributed by atoms with E-state index < -0.39 is 0 Å². The third-order valence-electron chi connectivity index (χ3n) is 3.18. The highest BCUT2D eigenvalue weighted by Gasteiger charge is 2.13. The molecule has 0 atom stereocenters. The highest BCUT2D eigenvalue weighted by molar-refractivity contribution is 6.31. The van der Waals surface area contributed by atoms with Crippen LogP contribution in [0.25, 0.3) is 0 Å². The van der Waals surface area contributed by atoms with Crippen LogP contribution in [0.3, 0.4) is 0 Å². The van der Waals surface area contributed by atoms with Crippen LogP contribution in [0.5, 0.6) is 11.6 Å². The first kappa shape index (κ1) is 16.1. The Bertz CT molecular complexity index is 689. The molecule has 0 unspecified atom stereocenters. The Balaban J connectivity index is 2.14. The fourth-order valence-corrected chi connectivity index (χ4v) is 2.27. The van der Waals surface area contributed by atoms with Gasteiger partial charge >= 0.3 is 0 Å². The molecule has 0 aliphatic carbocycles. The summed E-state index contributed by atoms with van der Waals surface area (Å²) in [6.07, 6.45) is 0.119. The van der Waals surface area contributed by atoms with Crippen molar-refractivity contribution in [3.63, 3.8) is 0 Å². The van der Waals surface area contributed by atoms with Crippen LogP contribution in [0.15, 0.2) is 30.3 Å². The van der Waals surface area contributed by atoms with E-state index in [4.69, 9.17) is 21.1 Å². The molecule has 116 valence electrons. The van der Waals surface area contributed by atoms with E-state index in [0.717, 1.165) is 0 Å². The maximum Gasteiger partial charge on any atom is 0.229 e. The van der Waals surface area contributed by atoms with E-state index in [1.807, 2.05) is 0 Å². The van der Waals surface area contributed by atoms with Gasteiger partial charge in [0.25, 0.3) is 0 Å². The Morgan fingerprint density at radius 1 is 1.23 bits per heavy atom. The third kappa shape index (κ3) is 3.68. The number of hydrogen-bond acceptors (Lipinski definition) is 4. The fourth-order valence-electron chi connectivity index (χ4n) is 2.04. The van der Waals surface area contributed by atoms with Crippen LogP contribution in [-0.2, 0) is 11.2 Å². The summed E-state index contributed by atoms with van der Waals surface area (Å²) in [6.45, 7) is 1.80. The molecule has 1 N–H and O–H groups in total. The molecule has 0 saturated heterocycles. The van der Waals surface area contributed by atoms with Gasteiger partial charge in [-0.15, -0.1) is 0 Å². The summed E-state index contributed by atoms with van der Waals surface area (Å²) in [5, 5.41) is 3.32. The monoisotopic (exact) mass is 320 g/mol. The molecule has 1 amide bonds. The van der Waals surface area contributed by atoms with Gasteiger partial charge in [-0.3, -0.25) is 4.79 Å². The normalized spacial score (nSPS) is 10.2. The summed E-state index contributed by atoms with van der Waals surface area (Å²) in [4.78, 5) is 16.4. The maximum absolute atomic E-state index is 12.2. The molecule has 2 rings (SSSR count). The zero-order valence-corrected chi connectivity index (χ0v) is 13.4. The molecule has 1 heterocycles. The standard InChI is InChI=1S/C16H17ClN2O3/c1-10-13(7-8-16(18-10)22-3)19-15(20)9-11-12(17)5-4-6-14(11)21-2/h4-8H,9H2,1-3H3,(H,19,20). The van der Waals surface area contributed by atoms with Crippen molar-refractivity contribution in [3.05, 3.63) is 46.6 Å². The molecule has 1 aromatic carbocycles. The van der Waals surface area contributed by atoms with Gasteiger partial charge < -0.3 is 14.8 Å². The summed E-state index contributed by atoms with van der Waals surface area (Å²) in [5.41, 5.74) is 1.97. The quantitative estimate of drug-likeness (QED) is 0.918. The first-order valence-electron chi connectivity index (χ1n) is 6.68. The van der Waals surface area contributed by atoms with Gasteiger partial charge in [0.2, 0.25) is 11.8 Å². The fraction of sp³-hybridized carbons (Fsp3) is 0.250. The van der Waals surface area contributed by atoms with Crippen LogP contribution in [0.2, 0.25) is 5.02 Å². The maximum atomic E-state index is 12.2. The van der Waals surface area contributed by atoms with E-state index in [-0.39, 0.29) is 12.3 Å². The lowest BCUT2D eigenvalue weighted by Gasteiger charge is -2.12. The molecule has 0 aliphatic rings. The molecule has 0 bridgehead atoms. The lowest BCUT2D eigenvalue weighted by molar-refractivity contribution is -0.115. The molecule has 0 aliphatic heterocycles. The van der Waals surface area contributed by atoms with Gasteiger partial charge in [-0.1, -0.05) is 17.7 Å².